The van der Waals surface area contributed by atoms with Crippen molar-refractivity contribution >= 4 is 28.9 Å². The lowest BCUT2D eigenvalue weighted by molar-refractivity contribution is -0.119. The summed E-state index contributed by atoms with van der Waals surface area (Å²) in [4.78, 5) is 25.5. The van der Waals surface area contributed by atoms with Crippen molar-refractivity contribution in [1.29, 1.82) is 0 Å². The van der Waals surface area contributed by atoms with Crippen LogP contribution in [-0.4, -0.2) is 25.1 Å². The number of carbonyl (C=O) groups excluding carboxylic acids is 2. The number of ether oxygens (including phenoxy) is 2. The predicted molar refractivity (Wildman–Crippen MR) is 85.8 cm³/mol. The summed E-state index contributed by atoms with van der Waals surface area (Å²) in [7, 11) is 0. The van der Waals surface area contributed by atoms with Gasteiger partial charge in [-0.2, -0.15) is 8.78 Å². The molecule has 0 saturated heterocycles. The second-order valence-electron chi connectivity index (χ2n) is 4.83. The van der Waals surface area contributed by atoms with Gasteiger partial charge in [0.25, 0.3) is 5.91 Å². The maximum absolute atomic E-state index is 12.3. The van der Waals surface area contributed by atoms with E-state index in [1.807, 2.05) is 6.92 Å². The molecule has 2 rings (SSSR count). The fourth-order valence-corrected chi connectivity index (χ4v) is 2.91. The highest BCUT2D eigenvalue weighted by Crippen LogP contribution is 2.25. The lowest BCUT2D eigenvalue weighted by Gasteiger charge is -2.11. The average molecular weight is 355 g/mol. The van der Waals surface area contributed by atoms with Crippen molar-refractivity contribution < 1.29 is 27.8 Å². The Morgan fingerprint density at radius 1 is 1.25 bits per heavy atom. The zero-order chi connectivity index (χ0) is 17.7. The fraction of sp³-hybridized carbons (Fsp3) is 0.250. The van der Waals surface area contributed by atoms with Gasteiger partial charge in [0.05, 0.1) is 11.3 Å². The van der Waals surface area contributed by atoms with Gasteiger partial charge in [0.1, 0.15) is 5.75 Å². The summed E-state index contributed by atoms with van der Waals surface area (Å²) in [5, 5.41) is 2.37. The number of amides is 1. The van der Waals surface area contributed by atoms with Gasteiger partial charge < -0.3 is 14.8 Å². The van der Waals surface area contributed by atoms with E-state index in [0.717, 1.165) is 9.75 Å². The summed E-state index contributed by atoms with van der Waals surface area (Å²) in [6, 6.07) is 7.44. The predicted octanol–water partition coefficient (Wildman–Crippen LogP) is 3.76. The van der Waals surface area contributed by atoms with Crippen molar-refractivity contribution in [1.82, 2.24) is 0 Å². The van der Waals surface area contributed by atoms with Crippen molar-refractivity contribution in [2.75, 3.05) is 11.9 Å². The monoisotopic (exact) mass is 355 g/mol. The number of anilines is 1. The summed E-state index contributed by atoms with van der Waals surface area (Å²) >= 11 is 1.45. The molecule has 0 aliphatic carbocycles. The number of hydrogen-bond acceptors (Lipinski definition) is 5. The van der Waals surface area contributed by atoms with Crippen molar-refractivity contribution in [3.8, 4) is 5.75 Å². The van der Waals surface area contributed by atoms with Gasteiger partial charge in [-0.25, -0.2) is 4.79 Å². The SMILES string of the molecule is Cc1cc(C(=O)OCC(=O)Nc2ccccc2OC(F)F)c(C)s1. The largest absolute Gasteiger partial charge is 0.452 e. The smallest absolute Gasteiger partial charge is 0.387 e. The number of rotatable bonds is 6. The molecule has 1 aromatic carbocycles. The minimum atomic E-state index is -3.01. The average Bonchev–Trinajstić information content (AvgIpc) is 2.85. The highest BCUT2D eigenvalue weighted by molar-refractivity contribution is 7.12. The molecule has 1 N–H and O–H groups in total. The van der Waals surface area contributed by atoms with Crippen LogP contribution in [0.1, 0.15) is 20.1 Å². The number of para-hydroxylation sites is 2. The molecule has 8 heteroatoms. The zero-order valence-electron chi connectivity index (χ0n) is 13.0. The number of nitrogens with one attached hydrogen (secondary N) is 1. The minimum absolute atomic E-state index is 0.0707. The van der Waals surface area contributed by atoms with Crippen LogP contribution < -0.4 is 10.1 Å². The van der Waals surface area contributed by atoms with Gasteiger partial charge in [0.2, 0.25) is 0 Å². The fourth-order valence-electron chi connectivity index (χ4n) is 2.00. The first-order chi connectivity index (χ1) is 11.4. The van der Waals surface area contributed by atoms with E-state index in [1.54, 1.807) is 19.1 Å². The molecule has 0 radical (unpaired) electrons. The van der Waals surface area contributed by atoms with Crippen LogP contribution in [-0.2, 0) is 9.53 Å². The molecule has 1 heterocycles. The van der Waals surface area contributed by atoms with Gasteiger partial charge in [-0.3, -0.25) is 4.79 Å². The van der Waals surface area contributed by atoms with Crippen molar-refractivity contribution in [2.45, 2.75) is 20.5 Å². The molecule has 128 valence electrons. The van der Waals surface area contributed by atoms with Gasteiger partial charge in [0, 0.05) is 9.75 Å². The van der Waals surface area contributed by atoms with Gasteiger partial charge in [-0.15, -0.1) is 11.3 Å². The van der Waals surface area contributed by atoms with Gasteiger partial charge in [-0.1, -0.05) is 12.1 Å². The molecular weight excluding hydrogens is 340 g/mol. The van der Waals surface area contributed by atoms with Crippen LogP contribution in [0.25, 0.3) is 0 Å². The molecular formula is C16H15F2NO4S. The normalized spacial score (nSPS) is 10.5. The maximum Gasteiger partial charge on any atom is 0.387 e. The molecule has 1 aromatic heterocycles. The Balaban J connectivity index is 1.94. The van der Waals surface area contributed by atoms with Crippen LogP contribution in [0.5, 0.6) is 5.75 Å². The second-order valence-corrected chi connectivity index (χ2v) is 6.29. The quantitative estimate of drug-likeness (QED) is 0.802. The number of alkyl halides is 2. The van der Waals surface area contributed by atoms with E-state index in [-0.39, 0.29) is 11.4 Å². The number of hydrogen-bond donors (Lipinski definition) is 1. The topological polar surface area (TPSA) is 64.6 Å². The lowest BCUT2D eigenvalue weighted by atomic mass is 10.2. The zero-order valence-corrected chi connectivity index (χ0v) is 13.8. The molecule has 24 heavy (non-hydrogen) atoms. The second kappa shape index (κ2) is 7.87. The first-order valence-electron chi connectivity index (χ1n) is 6.94. The Morgan fingerprint density at radius 3 is 2.58 bits per heavy atom. The number of thiophene rings is 1. The molecule has 0 unspecified atom stereocenters. The molecule has 0 saturated carbocycles. The molecule has 0 fully saturated rings. The van der Waals surface area contributed by atoms with E-state index in [1.165, 1.54) is 29.5 Å². The van der Waals surface area contributed by atoms with Gasteiger partial charge in [0.15, 0.2) is 6.61 Å². The molecule has 1 amide bonds. The third kappa shape index (κ3) is 4.76. The van der Waals surface area contributed by atoms with Crippen molar-refractivity contribution in [3.63, 3.8) is 0 Å². The molecule has 5 nitrogen and oxygen atoms in total. The number of esters is 1. The van der Waals surface area contributed by atoms with E-state index in [4.69, 9.17) is 4.74 Å². The minimum Gasteiger partial charge on any atom is -0.452 e. The molecule has 0 bridgehead atoms. The van der Waals surface area contributed by atoms with E-state index in [0.29, 0.717) is 5.56 Å². The van der Waals surface area contributed by atoms with Crippen molar-refractivity contribution in [3.05, 3.63) is 45.6 Å². The lowest BCUT2D eigenvalue weighted by Crippen LogP contribution is -2.21. The van der Waals surface area contributed by atoms with Crippen LogP contribution in [0, 0.1) is 13.8 Å². The Labute approximate surface area is 141 Å². The molecule has 0 aliphatic heterocycles. The van der Waals surface area contributed by atoms with Crippen LogP contribution >= 0.6 is 11.3 Å². The number of halogens is 2. The van der Waals surface area contributed by atoms with Crippen LogP contribution in [0.2, 0.25) is 0 Å². The van der Waals surface area contributed by atoms with E-state index in [2.05, 4.69) is 10.1 Å². The Kier molecular flexibility index (Phi) is 5.86. The third-order valence-corrected chi connectivity index (χ3v) is 3.94. The maximum atomic E-state index is 12.3. The molecule has 0 atom stereocenters. The van der Waals surface area contributed by atoms with Crippen LogP contribution in [0.3, 0.4) is 0 Å². The Bertz CT molecular complexity index is 745. The Morgan fingerprint density at radius 2 is 1.96 bits per heavy atom. The highest BCUT2D eigenvalue weighted by atomic mass is 32.1. The summed E-state index contributed by atoms with van der Waals surface area (Å²) in [6.45, 7) is 0.106. The van der Waals surface area contributed by atoms with Gasteiger partial charge in [-0.05, 0) is 32.0 Å². The summed E-state index contributed by atoms with van der Waals surface area (Å²) < 4.78 is 33.9. The molecule has 0 aliphatic rings. The number of carbonyl (C=O) groups is 2. The summed E-state index contributed by atoms with van der Waals surface area (Å²) in [5.74, 6) is -1.43. The first kappa shape index (κ1) is 17.9. The first-order valence-corrected chi connectivity index (χ1v) is 7.76. The summed E-state index contributed by atoms with van der Waals surface area (Å²) in [6.07, 6.45) is 0. The van der Waals surface area contributed by atoms with Crippen molar-refractivity contribution in [2.24, 2.45) is 0 Å². The van der Waals surface area contributed by atoms with Crippen LogP contribution in [0.4, 0.5) is 14.5 Å². The van der Waals surface area contributed by atoms with Gasteiger partial charge >= 0.3 is 12.6 Å². The number of benzene rings is 1. The molecule has 0 spiro atoms. The standard InChI is InChI=1S/C16H15F2NO4S/c1-9-7-11(10(2)24-9)15(21)22-8-14(20)19-12-5-3-4-6-13(12)23-16(17)18/h3-7,16H,8H2,1-2H3,(H,19,20). The van der Waals surface area contributed by atoms with E-state index in [9.17, 15) is 18.4 Å². The number of aryl methyl sites for hydroxylation is 2. The third-order valence-electron chi connectivity index (χ3n) is 2.97. The van der Waals surface area contributed by atoms with Crippen LogP contribution in [0.15, 0.2) is 30.3 Å². The molecule has 2 aromatic rings. The summed E-state index contributed by atoms with van der Waals surface area (Å²) in [5.41, 5.74) is 0.480. The Hall–Kier alpha value is -2.48. The van der Waals surface area contributed by atoms with E-state index >= 15 is 0 Å². The van der Waals surface area contributed by atoms with E-state index < -0.39 is 25.1 Å². The highest BCUT2D eigenvalue weighted by Gasteiger charge is 2.16.